The molecule has 5 aromatic carbocycles. The molecule has 0 unspecified atom stereocenters. The predicted molar refractivity (Wildman–Crippen MR) is 150 cm³/mol. The number of nitrogens with one attached hydrogen (secondary N) is 1. The number of fused-ring (bicyclic) bond motifs is 5. The van der Waals surface area contributed by atoms with Gasteiger partial charge < -0.3 is 10.1 Å². The summed E-state index contributed by atoms with van der Waals surface area (Å²) < 4.78 is 5.55. The molecular formula is C35H29NO. The van der Waals surface area contributed by atoms with Crippen LogP contribution in [0.25, 0.3) is 11.1 Å². The second kappa shape index (κ2) is 8.76. The zero-order chi connectivity index (χ0) is 24.8. The van der Waals surface area contributed by atoms with Gasteiger partial charge in [0.05, 0.1) is 7.11 Å². The second-order valence-corrected chi connectivity index (χ2v) is 10.1. The average molecular weight is 480 g/mol. The summed E-state index contributed by atoms with van der Waals surface area (Å²) in [6.45, 7) is 0. The fraction of sp³-hybridized carbons (Fsp3) is 0.143. The summed E-state index contributed by atoms with van der Waals surface area (Å²) in [7, 11) is 1.73. The first-order valence-electron chi connectivity index (χ1n) is 13.0. The topological polar surface area (TPSA) is 21.3 Å². The summed E-state index contributed by atoms with van der Waals surface area (Å²) in [6, 6.07) is 49.0. The van der Waals surface area contributed by atoms with Crippen LogP contribution in [-0.2, 0) is 5.41 Å². The zero-order valence-corrected chi connectivity index (χ0v) is 20.8. The van der Waals surface area contributed by atoms with Crippen LogP contribution in [-0.4, -0.2) is 7.11 Å². The van der Waals surface area contributed by atoms with Crippen LogP contribution in [0.2, 0.25) is 0 Å². The molecule has 180 valence electrons. The number of hydrogen-bond donors (Lipinski definition) is 1. The van der Waals surface area contributed by atoms with E-state index in [1.54, 1.807) is 7.11 Å². The maximum absolute atomic E-state index is 5.55. The highest BCUT2D eigenvalue weighted by molar-refractivity contribution is 5.83. The van der Waals surface area contributed by atoms with Crippen molar-refractivity contribution in [1.29, 1.82) is 0 Å². The molecule has 1 saturated heterocycles. The third-order valence-corrected chi connectivity index (χ3v) is 8.43. The molecule has 0 aromatic heterocycles. The van der Waals surface area contributed by atoms with E-state index in [4.69, 9.17) is 4.74 Å². The molecule has 1 fully saturated rings. The Balaban J connectivity index is 1.58. The van der Waals surface area contributed by atoms with Crippen molar-refractivity contribution in [1.82, 2.24) is 5.32 Å². The van der Waals surface area contributed by atoms with Crippen LogP contribution in [0.5, 0.6) is 5.75 Å². The molecule has 3 atom stereocenters. The van der Waals surface area contributed by atoms with Crippen LogP contribution < -0.4 is 10.1 Å². The number of rotatable bonds is 4. The van der Waals surface area contributed by atoms with E-state index in [2.05, 4.69) is 139 Å². The zero-order valence-electron chi connectivity index (χ0n) is 20.8. The van der Waals surface area contributed by atoms with E-state index >= 15 is 0 Å². The molecule has 1 aliphatic heterocycles. The molecule has 1 N–H and O–H groups in total. The molecule has 0 saturated carbocycles. The third kappa shape index (κ3) is 3.22. The molecule has 7 rings (SSSR count). The number of benzene rings is 5. The lowest BCUT2D eigenvalue weighted by molar-refractivity contribution is 0.410. The Kier molecular flexibility index (Phi) is 5.23. The van der Waals surface area contributed by atoms with Crippen molar-refractivity contribution in [2.24, 2.45) is 0 Å². The van der Waals surface area contributed by atoms with E-state index in [1.165, 1.54) is 38.9 Å². The molecule has 2 aliphatic rings. The molecule has 2 nitrogen and oxygen atoms in total. The van der Waals surface area contributed by atoms with Crippen LogP contribution in [0.15, 0.2) is 133 Å². The fourth-order valence-corrected chi connectivity index (χ4v) is 7.02. The third-order valence-electron chi connectivity index (χ3n) is 8.43. The quantitative estimate of drug-likeness (QED) is 0.284. The van der Waals surface area contributed by atoms with E-state index in [-0.39, 0.29) is 23.4 Å². The molecule has 37 heavy (non-hydrogen) atoms. The Morgan fingerprint density at radius 3 is 1.62 bits per heavy atom. The molecule has 5 aromatic rings. The van der Waals surface area contributed by atoms with Crippen molar-refractivity contribution < 1.29 is 4.74 Å². The minimum Gasteiger partial charge on any atom is -0.497 e. The van der Waals surface area contributed by atoms with Crippen LogP contribution in [0.1, 0.15) is 45.8 Å². The van der Waals surface area contributed by atoms with Gasteiger partial charge in [0.1, 0.15) is 5.75 Å². The van der Waals surface area contributed by atoms with Gasteiger partial charge in [-0.1, -0.05) is 121 Å². The number of ether oxygens (including phenoxy) is 1. The highest BCUT2D eigenvalue weighted by Crippen LogP contribution is 2.67. The van der Waals surface area contributed by atoms with Gasteiger partial charge in [0, 0.05) is 23.4 Å². The Hall–Kier alpha value is -4.14. The Morgan fingerprint density at radius 2 is 1.05 bits per heavy atom. The first-order valence-corrected chi connectivity index (χ1v) is 13.0. The summed E-state index contributed by atoms with van der Waals surface area (Å²) in [5.41, 5.74) is 9.12. The van der Waals surface area contributed by atoms with E-state index in [9.17, 15) is 0 Å². The minimum absolute atomic E-state index is 0.0933. The van der Waals surface area contributed by atoms with Gasteiger partial charge in [-0.05, 0) is 51.1 Å². The molecule has 0 radical (unpaired) electrons. The van der Waals surface area contributed by atoms with Crippen molar-refractivity contribution in [3.05, 3.63) is 161 Å². The average Bonchev–Trinajstić information content (AvgIpc) is 3.49. The van der Waals surface area contributed by atoms with Gasteiger partial charge in [-0.3, -0.25) is 0 Å². The Bertz CT molecular complexity index is 1500. The van der Waals surface area contributed by atoms with Gasteiger partial charge in [-0.25, -0.2) is 0 Å². The van der Waals surface area contributed by atoms with E-state index in [0.29, 0.717) is 0 Å². The SMILES string of the molecule is COc1ccc([C@@H]2[C@H](c3ccccc3)N[C@H](c3ccccc3)C23c2ccccc2-c2ccccc23)cc1. The van der Waals surface area contributed by atoms with Crippen LogP contribution in [0, 0.1) is 0 Å². The van der Waals surface area contributed by atoms with Gasteiger partial charge in [-0.15, -0.1) is 0 Å². The molecule has 0 bridgehead atoms. The lowest BCUT2D eigenvalue weighted by Gasteiger charge is -2.40. The Morgan fingerprint density at radius 1 is 0.541 bits per heavy atom. The first kappa shape index (κ1) is 22.1. The van der Waals surface area contributed by atoms with Crippen molar-refractivity contribution in [3.8, 4) is 16.9 Å². The Labute approximate surface area is 218 Å². The van der Waals surface area contributed by atoms with Gasteiger partial charge in [0.2, 0.25) is 0 Å². The van der Waals surface area contributed by atoms with Crippen LogP contribution >= 0.6 is 0 Å². The summed E-state index contributed by atoms with van der Waals surface area (Å²) in [5.74, 6) is 1.04. The summed E-state index contributed by atoms with van der Waals surface area (Å²) in [5, 5.41) is 4.18. The first-order chi connectivity index (χ1) is 18.3. The minimum atomic E-state index is -0.288. The van der Waals surface area contributed by atoms with Crippen molar-refractivity contribution >= 4 is 0 Å². The molecule has 1 heterocycles. The predicted octanol–water partition coefficient (Wildman–Crippen LogP) is 7.83. The maximum atomic E-state index is 5.55. The van der Waals surface area contributed by atoms with Gasteiger partial charge in [0.15, 0.2) is 0 Å². The second-order valence-electron chi connectivity index (χ2n) is 10.1. The monoisotopic (exact) mass is 479 g/mol. The van der Waals surface area contributed by atoms with Gasteiger partial charge in [0.25, 0.3) is 0 Å². The fourth-order valence-electron chi connectivity index (χ4n) is 7.02. The maximum Gasteiger partial charge on any atom is 0.118 e. The lowest BCUT2D eigenvalue weighted by Crippen LogP contribution is -2.36. The largest absolute Gasteiger partial charge is 0.497 e. The van der Waals surface area contributed by atoms with Gasteiger partial charge in [-0.2, -0.15) is 0 Å². The standard InChI is InChI=1S/C35H29NO/c1-37-27-22-20-24(21-23-27)32-33(25-12-4-2-5-13-25)36-34(26-14-6-3-7-15-26)35(32)30-18-10-8-16-28(30)29-17-9-11-19-31(29)35/h2-23,32-34,36H,1H3/t32-,33+,34-/m1/s1. The van der Waals surface area contributed by atoms with E-state index < -0.39 is 0 Å². The molecular weight excluding hydrogens is 450 g/mol. The molecule has 0 amide bonds. The van der Waals surface area contributed by atoms with E-state index in [1.807, 2.05) is 0 Å². The normalized spacial score (nSPS) is 20.9. The lowest BCUT2D eigenvalue weighted by atomic mass is 9.61. The summed E-state index contributed by atoms with van der Waals surface area (Å²) in [4.78, 5) is 0. The van der Waals surface area contributed by atoms with Crippen LogP contribution in [0.3, 0.4) is 0 Å². The van der Waals surface area contributed by atoms with Gasteiger partial charge >= 0.3 is 0 Å². The van der Waals surface area contributed by atoms with Crippen molar-refractivity contribution in [2.75, 3.05) is 7.11 Å². The molecule has 1 spiro atoms. The highest BCUT2D eigenvalue weighted by Gasteiger charge is 2.61. The van der Waals surface area contributed by atoms with Crippen LogP contribution in [0.4, 0.5) is 0 Å². The summed E-state index contributed by atoms with van der Waals surface area (Å²) >= 11 is 0. The summed E-state index contributed by atoms with van der Waals surface area (Å²) in [6.07, 6.45) is 0. The number of methoxy groups -OCH3 is 1. The smallest absolute Gasteiger partial charge is 0.118 e. The molecule has 2 heteroatoms. The highest BCUT2D eigenvalue weighted by atomic mass is 16.5. The number of hydrogen-bond acceptors (Lipinski definition) is 2. The molecule has 1 aliphatic carbocycles. The van der Waals surface area contributed by atoms with Crippen molar-refractivity contribution in [3.63, 3.8) is 0 Å². The van der Waals surface area contributed by atoms with E-state index in [0.717, 1.165) is 5.75 Å². The van der Waals surface area contributed by atoms with Crippen molar-refractivity contribution in [2.45, 2.75) is 23.4 Å².